The molecule has 272 valence electrons. The van der Waals surface area contributed by atoms with Gasteiger partial charge >= 0.3 is 0 Å². The van der Waals surface area contributed by atoms with Gasteiger partial charge in [0.25, 0.3) is 6.71 Å². The maximum Gasteiger partial charge on any atom is 0.291 e. The van der Waals surface area contributed by atoms with Crippen LogP contribution in [-0.2, 0) is 12.8 Å². The highest BCUT2D eigenvalue weighted by atomic mass is 16.5. The normalized spacial score (nSPS) is 11.9. The highest BCUT2D eigenvalue weighted by Crippen LogP contribution is 2.36. The van der Waals surface area contributed by atoms with Gasteiger partial charge in [-0.2, -0.15) is 0 Å². The van der Waals surface area contributed by atoms with Gasteiger partial charge in [-0.3, -0.25) is 19.9 Å². The molecule has 0 bridgehead atoms. The van der Waals surface area contributed by atoms with E-state index >= 15 is 0 Å². The summed E-state index contributed by atoms with van der Waals surface area (Å²) in [5.74, 6) is 4.16. The lowest BCUT2D eigenvalue weighted by atomic mass is 9.42. The first kappa shape index (κ1) is 35.9. The molecule has 8 rings (SSSR count). The van der Waals surface area contributed by atoms with Crippen molar-refractivity contribution in [3.05, 3.63) is 150 Å². The first-order chi connectivity index (χ1) is 26.7. The van der Waals surface area contributed by atoms with E-state index in [4.69, 9.17) is 19.4 Å². The molecule has 4 heterocycles. The summed E-state index contributed by atoms with van der Waals surface area (Å²) in [4.78, 5) is 18.9. The fraction of sp³-hybridized carbons (Fsp3) is 0.208. The Morgan fingerprint density at radius 3 is 1.42 bits per heavy atom. The summed E-state index contributed by atoms with van der Waals surface area (Å²) in [5, 5.41) is 0. The third kappa shape index (κ3) is 7.79. The van der Waals surface area contributed by atoms with Crippen molar-refractivity contribution >= 4 is 23.4 Å². The van der Waals surface area contributed by atoms with E-state index in [-0.39, 0.29) is 6.71 Å². The largest absolute Gasteiger partial charge is 0.457 e. The van der Waals surface area contributed by atoms with E-state index in [9.17, 15) is 0 Å². The van der Waals surface area contributed by atoms with Crippen LogP contribution < -0.4 is 26.1 Å². The minimum atomic E-state index is -0.200. The van der Waals surface area contributed by atoms with Crippen molar-refractivity contribution < 1.29 is 9.47 Å². The monoisotopic (exact) mass is 720 g/mol. The Kier molecular flexibility index (Phi) is 10.0. The summed E-state index contributed by atoms with van der Waals surface area (Å²) in [7, 11) is 0. The van der Waals surface area contributed by atoms with Gasteiger partial charge in [-0.25, -0.2) is 0 Å². The number of ether oxygens (including phenoxy) is 2. The number of fused-ring (bicyclic) bond motifs is 3. The zero-order chi connectivity index (χ0) is 38.1. The average Bonchev–Trinajstić information content (AvgIpc) is 3.49. The van der Waals surface area contributed by atoms with Gasteiger partial charge in [-0.15, -0.1) is 0 Å². The highest BCUT2D eigenvalue weighted by molar-refractivity contribution is 6.98. The lowest BCUT2D eigenvalue weighted by molar-refractivity contribution is 0.471. The molecule has 1 aliphatic rings. The van der Waals surface area contributed by atoms with Crippen LogP contribution in [0.3, 0.4) is 0 Å². The number of pyridine rings is 2. The Bertz CT molecular complexity index is 2340. The summed E-state index contributed by atoms with van der Waals surface area (Å²) in [6.07, 6.45) is 9.15. The summed E-state index contributed by atoms with van der Waals surface area (Å²) in [6.45, 7) is 12.9. The van der Waals surface area contributed by atoms with Crippen molar-refractivity contribution in [1.29, 1.82) is 0 Å². The van der Waals surface area contributed by atoms with Crippen LogP contribution in [0.5, 0.6) is 23.0 Å². The third-order valence-corrected chi connectivity index (χ3v) is 10.1. The molecule has 0 radical (unpaired) electrons. The number of aromatic nitrogens is 4. The molecule has 0 N–H and O–H groups in total. The molecule has 6 nitrogen and oxygen atoms in total. The number of rotatable bonds is 11. The molecular formula is C48H45BN4O2. The maximum absolute atomic E-state index is 6.82. The van der Waals surface area contributed by atoms with E-state index in [0.29, 0.717) is 11.8 Å². The number of nitrogens with zero attached hydrogens (tertiary/aromatic N) is 4. The number of aryl methyl sites for hydroxylation is 2. The van der Waals surface area contributed by atoms with Crippen LogP contribution in [0.4, 0.5) is 0 Å². The molecule has 0 saturated carbocycles. The molecule has 0 unspecified atom stereocenters. The number of benzene rings is 4. The van der Waals surface area contributed by atoms with Crippen molar-refractivity contribution in [2.45, 2.75) is 54.4 Å². The van der Waals surface area contributed by atoms with Crippen LogP contribution in [0.15, 0.2) is 128 Å². The van der Waals surface area contributed by atoms with Gasteiger partial charge in [0.2, 0.25) is 0 Å². The van der Waals surface area contributed by atoms with Crippen LogP contribution in [0.2, 0.25) is 0 Å². The molecule has 0 saturated heterocycles. The molecule has 3 aromatic heterocycles. The summed E-state index contributed by atoms with van der Waals surface area (Å²) in [5.41, 5.74) is 13.8. The second-order valence-electron chi connectivity index (χ2n) is 15.5. The zero-order valence-electron chi connectivity index (χ0n) is 32.4. The second kappa shape index (κ2) is 15.3. The van der Waals surface area contributed by atoms with Gasteiger partial charge in [0.05, 0.1) is 17.1 Å². The second-order valence-corrected chi connectivity index (χ2v) is 15.5. The Hall–Kier alpha value is -6.08. The quantitative estimate of drug-likeness (QED) is 0.124. The lowest BCUT2D eigenvalue weighted by Gasteiger charge is -2.16. The molecular weight excluding hydrogens is 675 g/mol. The standard InChI is InChI=1S/C48H45BN4O2/c1-30(2)22-36-10-8-34(44-24-32(5)16-20-50-44)26-46(36)54-38-12-14-40-41-15-13-39(29-43(41)49(42(40)28-38)48-52-18-7-19-53-48)55-47-27-35(9-11-37(47)23-31(3)4)45-25-33(6)17-21-51-45/h7-21,24-31H,22-23H2,1-6H3. The lowest BCUT2D eigenvalue weighted by Crippen LogP contribution is -2.51. The van der Waals surface area contributed by atoms with Crippen molar-refractivity contribution in [3.63, 3.8) is 0 Å². The minimum absolute atomic E-state index is 0.200. The third-order valence-electron chi connectivity index (χ3n) is 10.1. The minimum Gasteiger partial charge on any atom is -0.457 e. The predicted octanol–water partition coefficient (Wildman–Crippen LogP) is 9.70. The molecule has 0 spiro atoms. The Balaban J connectivity index is 1.17. The molecule has 0 amide bonds. The van der Waals surface area contributed by atoms with Gasteiger partial charge in [-0.05, 0) is 139 Å². The molecule has 7 aromatic rings. The van der Waals surface area contributed by atoms with Crippen molar-refractivity contribution in [2.24, 2.45) is 11.8 Å². The molecule has 0 aliphatic carbocycles. The summed E-state index contributed by atoms with van der Waals surface area (Å²) in [6, 6.07) is 35.8. The van der Waals surface area contributed by atoms with Gasteiger partial charge in [0, 0.05) is 35.9 Å². The van der Waals surface area contributed by atoms with Gasteiger partial charge in [-0.1, -0.05) is 75.0 Å². The van der Waals surface area contributed by atoms with Gasteiger partial charge < -0.3 is 9.47 Å². The van der Waals surface area contributed by atoms with E-state index in [1.54, 1.807) is 0 Å². The van der Waals surface area contributed by atoms with Crippen LogP contribution in [-0.4, -0.2) is 26.6 Å². The van der Waals surface area contributed by atoms with Gasteiger partial charge in [0.15, 0.2) is 0 Å². The molecule has 4 aromatic carbocycles. The van der Waals surface area contributed by atoms with Crippen LogP contribution in [0.25, 0.3) is 33.6 Å². The Morgan fingerprint density at radius 2 is 0.982 bits per heavy atom. The van der Waals surface area contributed by atoms with Crippen molar-refractivity contribution in [1.82, 2.24) is 19.9 Å². The predicted molar refractivity (Wildman–Crippen MR) is 225 cm³/mol. The van der Waals surface area contributed by atoms with E-state index in [1.165, 1.54) is 22.3 Å². The average molecular weight is 721 g/mol. The van der Waals surface area contributed by atoms with Crippen LogP contribution in [0.1, 0.15) is 49.9 Å². The topological polar surface area (TPSA) is 70.0 Å². The number of hydrogen-bond acceptors (Lipinski definition) is 6. The molecule has 0 fully saturated rings. The molecule has 0 atom stereocenters. The SMILES string of the molecule is Cc1ccnc(-c2ccc(CC(C)C)c(Oc3ccc4c(c3)B(c3ncccn3)c3cc(Oc5cc(-c6cc(C)ccn6)ccc5CC(C)C)ccc3-4)c2)c1. The summed E-state index contributed by atoms with van der Waals surface area (Å²) >= 11 is 0. The fourth-order valence-corrected chi connectivity index (χ4v) is 7.56. The molecule has 7 heteroatoms. The maximum atomic E-state index is 6.82. The van der Waals surface area contributed by atoms with Crippen molar-refractivity contribution in [2.75, 3.05) is 0 Å². The first-order valence-electron chi connectivity index (χ1n) is 19.2. The summed E-state index contributed by atoms with van der Waals surface area (Å²) < 4.78 is 13.6. The molecule has 1 aliphatic heterocycles. The van der Waals surface area contributed by atoms with E-state index < -0.39 is 0 Å². The van der Waals surface area contributed by atoms with Crippen LogP contribution >= 0.6 is 0 Å². The van der Waals surface area contributed by atoms with Crippen molar-refractivity contribution in [3.8, 4) is 56.6 Å². The van der Waals surface area contributed by atoms with Gasteiger partial charge in [0.1, 0.15) is 23.0 Å². The zero-order valence-corrected chi connectivity index (χ0v) is 32.4. The smallest absolute Gasteiger partial charge is 0.291 e. The van der Waals surface area contributed by atoms with E-state index in [2.05, 4.69) is 136 Å². The Morgan fingerprint density at radius 1 is 0.509 bits per heavy atom. The number of hydrogen-bond donors (Lipinski definition) is 0. The van der Waals surface area contributed by atoms with Crippen LogP contribution in [0, 0.1) is 25.7 Å². The first-order valence-corrected chi connectivity index (χ1v) is 19.2. The molecule has 55 heavy (non-hydrogen) atoms. The van der Waals surface area contributed by atoms with E-state index in [0.717, 1.165) is 86.1 Å². The Labute approximate surface area is 324 Å². The fourth-order valence-electron chi connectivity index (χ4n) is 7.56. The van der Waals surface area contributed by atoms with E-state index in [1.807, 2.05) is 43.0 Å². The highest BCUT2D eigenvalue weighted by Gasteiger charge is 2.36.